The first-order valence-corrected chi connectivity index (χ1v) is 9.40. The minimum Gasteiger partial charge on any atom is -0.495 e. The number of halogens is 2. The third kappa shape index (κ3) is 2.94. The maximum atomic E-state index is 13.4. The van der Waals surface area contributed by atoms with Gasteiger partial charge < -0.3 is 4.74 Å². The molecule has 0 saturated carbocycles. The quantitative estimate of drug-likeness (QED) is 0.494. The second-order valence-corrected chi connectivity index (χ2v) is 7.60. The fourth-order valence-electron chi connectivity index (χ4n) is 2.88. The lowest BCUT2D eigenvalue weighted by Crippen LogP contribution is -2.28. The van der Waals surface area contributed by atoms with Gasteiger partial charge in [0.25, 0.3) is 5.91 Å². The second-order valence-electron chi connectivity index (χ2n) is 5.67. The predicted molar refractivity (Wildman–Crippen MR) is 106 cm³/mol. The molecule has 0 spiro atoms. The van der Waals surface area contributed by atoms with E-state index in [9.17, 15) is 4.79 Å². The topological polar surface area (TPSA) is 29.5 Å². The summed E-state index contributed by atoms with van der Waals surface area (Å²) in [6.07, 6.45) is 0. The van der Waals surface area contributed by atoms with Crippen molar-refractivity contribution in [3.05, 3.63) is 76.3 Å². The number of ether oxygens (including phenoxy) is 1. The Kier molecular flexibility index (Phi) is 4.57. The van der Waals surface area contributed by atoms with Crippen LogP contribution in [0, 0.1) is 0 Å². The molecule has 1 heterocycles. The summed E-state index contributed by atoms with van der Waals surface area (Å²) in [6.45, 7) is 0. The molecule has 130 valence electrons. The van der Waals surface area contributed by atoms with E-state index >= 15 is 0 Å². The third-order valence-corrected chi connectivity index (χ3v) is 5.75. The van der Waals surface area contributed by atoms with Gasteiger partial charge in [0, 0.05) is 20.4 Å². The highest BCUT2D eigenvalue weighted by molar-refractivity contribution is 7.99. The van der Waals surface area contributed by atoms with Crippen LogP contribution in [0.15, 0.2) is 70.5 Å². The minimum atomic E-state index is -0.175. The molecule has 0 fully saturated rings. The van der Waals surface area contributed by atoms with Gasteiger partial charge in [-0.2, -0.15) is 0 Å². The van der Waals surface area contributed by atoms with E-state index in [0.29, 0.717) is 21.4 Å². The van der Waals surface area contributed by atoms with E-state index in [1.165, 1.54) is 0 Å². The molecule has 3 nitrogen and oxygen atoms in total. The maximum absolute atomic E-state index is 13.4. The van der Waals surface area contributed by atoms with E-state index in [1.807, 2.05) is 42.5 Å². The zero-order valence-electron chi connectivity index (χ0n) is 13.7. The predicted octanol–water partition coefficient (Wildman–Crippen LogP) is 6.45. The molecule has 1 aliphatic heterocycles. The standard InChI is InChI=1S/C20H13Cl2NO2S/c1-25-17-8-6-12(10-14(17)22)20(24)23-15-4-2-3-5-18(15)26-19-9-7-13(21)11-16(19)23/h2-11H,1H3. The van der Waals surface area contributed by atoms with Crippen molar-refractivity contribution in [3.63, 3.8) is 0 Å². The third-order valence-electron chi connectivity index (χ3n) is 4.09. The molecular formula is C20H13Cl2NO2S. The molecule has 1 aliphatic rings. The first-order chi connectivity index (χ1) is 12.6. The summed E-state index contributed by atoms with van der Waals surface area (Å²) in [7, 11) is 1.54. The largest absolute Gasteiger partial charge is 0.495 e. The molecule has 6 heteroatoms. The Morgan fingerprint density at radius 3 is 2.50 bits per heavy atom. The molecule has 26 heavy (non-hydrogen) atoms. The van der Waals surface area contributed by atoms with E-state index < -0.39 is 0 Å². The number of nitrogens with zero attached hydrogens (tertiary/aromatic N) is 1. The van der Waals surface area contributed by atoms with Crippen LogP contribution in [0.3, 0.4) is 0 Å². The molecule has 0 atom stereocenters. The number of carbonyl (C=O) groups excluding carboxylic acids is 1. The van der Waals surface area contributed by atoms with Crippen LogP contribution in [0.1, 0.15) is 10.4 Å². The number of methoxy groups -OCH3 is 1. The zero-order chi connectivity index (χ0) is 18.3. The van der Waals surface area contributed by atoms with Crippen LogP contribution in [-0.2, 0) is 0 Å². The molecule has 0 N–H and O–H groups in total. The van der Waals surface area contributed by atoms with Crippen molar-refractivity contribution in [1.29, 1.82) is 0 Å². The summed E-state index contributed by atoms with van der Waals surface area (Å²) in [5.41, 5.74) is 2.06. The molecule has 0 aromatic heterocycles. The van der Waals surface area contributed by atoms with Crippen LogP contribution >= 0.6 is 35.0 Å². The Morgan fingerprint density at radius 1 is 0.962 bits per heavy atom. The first kappa shape index (κ1) is 17.3. The molecule has 3 aromatic rings. The average Bonchev–Trinajstić information content (AvgIpc) is 2.65. The summed E-state index contributed by atoms with van der Waals surface area (Å²) in [4.78, 5) is 17.0. The Labute approximate surface area is 165 Å². The van der Waals surface area contributed by atoms with Crippen molar-refractivity contribution in [2.24, 2.45) is 0 Å². The number of amides is 1. The molecular weight excluding hydrogens is 389 g/mol. The summed E-state index contributed by atoms with van der Waals surface area (Å²) < 4.78 is 5.18. The maximum Gasteiger partial charge on any atom is 0.262 e. The van der Waals surface area contributed by atoms with Crippen molar-refractivity contribution in [3.8, 4) is 5.75 Å². The molecule has 0 unspecified atom stereocenters. The van der Waals surface area contributed by atoms with Gasteiger partial charge in [0.05, 0.1) is 23.5 Å². The van der Waals surface area contributed by atoms with Gasteiger partial charge >= 0.3 is 0 Å². The van der Waals surface area contributed by atoms with Gasteiger partial charge in [0.2, 0.25) is 0 Å². The number of rotatable bonds is 2. The fraction of sp³-hybridized carbons (Fsp3) is 0.0500. The van der Waals surface area contributed by atoms with E-state index in [0.717, 1.165) is 21.2 Å². The van der Waals surface area contributed by atoms with Gasteiger partial charge in [0.15, 0.2) is 0 Å². The van der Waals surface area contributed by atoms with Crippen LogP contribution in [0.2, 0.25) is 10.0 Å². The lowest BCUT2D eigenvalue weighted by molar-refractivity contribution is 0.0998. The smallest absolute Gasteiger partial charge is 0.262 e. The molecule has 0 bridgehead atoms. The van der Waals surface area contributed by atoms with Gasteiger partial charge in [0.1, 0.15) is 5.75 Å². The van der Waals surface area contributed by atoms with Gasteiger partial charge in [-0.3, -0.25) is 9.69 Å². The summed E-state index contributed by atoms with van der Waals surface area (Å²) in [5.74, 6) is 0.354. The Balaban J connectivity index is 1.86. The highest BCUT2D eigenvalue weighted by atomic mass is 35.5. The highest BCUT2D eigenvalue weighted by Gasteiger charge is 2.29. The van der Waals surface area contributed by atoms with Crippen LogP contribution in [0.25, 0.3) is 0 Å². The normalized spacial score (nSPS) is 12.3. The SMILES string of the molecule is COc1ccc(C(=O)N2c3ccccc3Sc3ccc(Cl)cc32)cc1Cl. The number of anilines is 2. The fourth-order valence-corrected chi connectivity index (χ4v) is 4.34. The number of hydrogen-bond donors (Lipinski definition) is 0. The molecule has 1 amide bonds. The van der Waals surface area contributed by atoms with Gasteiger partial charge in [-0.1, -0.05) is 47.1 Å². The summed E-state index contributed by atoms with van der Waals surface area (Å²) in [6, 6.07) is 18.4. The molecule has 0 aliphatic carbocycles. The lowest BCUT2D eigenvalue weighted by Gasteiger charge is -2.31. The van der Waals surface area contributed by atoms with E-state index in [-0.39, 0.29) is 5.91 Å². The van der Waals surface area contributed by atoms with E-state index in [2.05, 4.69) is 0 Å². The number of benzene rings is 3. The Hall–Kier alpha value is -2.14. The van der Waals surface area contributed by atoms with Gasteiger partial charge in [-0.05, 0) is 48.5 Å². The molecule has 3 aromatic carbocycles. The number of fused-ring (bicyclic) bond motifs is 2. The van der Waals surface area contributed by atoms with Crippen molar-refractivity contribution < 1.29 is 9.53 Å². The molecule has 4 rings (SSSR count). The number of carbonyl (C=O) groups is 1. The average molecular weight is 402 g/mol. The lowest BCUT2D eigenvalue weighted by atomic mass is 10.1. The van der Waals surface area contributed by atoms with Gasteiger partial charge in [-0.15, -0.1) is 0 Å². The van der Waals surface area contributed by atoms with Crippen LogP contribution in [0.5, 0.6) is 5.75 Å². The van der Waals surface area contributed by atoms with E-state index in [4.69, 9.17) is 27.9 Å². The molecule has 0 radical (unpaired) electrons. The Morgan fingerprint density at radius 2 is 1.73 bits per heavy atom. The van der Waals surface area contributed by atoms with Crippen molar-refractivity contribution >= 4 is 52.2 Å². The number of hydrogen-bond acceptors (Lipinski definition) is 3. The van der Waals surface area contributed by atoms with Crippen LogP contribution in [0.4, 0.5) is 11.4 Å². The summed E-state index contributed by atoms with van der Waals surface area (Å²) in [5, 5.41) is 0.971. The van der Waals surface area contributed by atoms with E-state index in [1.54, 1.807) is 42.0 Å². The second kappa shape index (κ2) is 6.88. The number of para-hydroxylation sites is 1. The van der Waals surface area contributed by atoms with Crippen LogP contribution < -0.4 is 9.64 Å². The van der Waals surface area contributed by atoms with Crippen molar-refractivity contribution in [2.75, 3.05) is 12.0 Å². The monoisotopic (exact) mass is 401 g/mol. The van der Waals surface area contributed by atoms with Crippen LogP contribution in [-0.4, -0.2) is 13.0 Å². The highest BCUT2D eigenvalue weighted by Crippen LogP contribution is 2.49. The van der Waals surface area contributed by atoms with Gasteiger partial charge in [-0.25, -0.2) is 0 Å². The first-order valence-electron chi connectivity index (χ1n) is 7.83. The van der Waals surface area contributed by atoms with Crippen molar-refractivity contribution in [1.82, 2.24) is 0 Å². The summed E-state index contributed by atoms with van der Waals surface area (Å²) >= 11 is 14.0. The van der Waals surface area contributed by atoms with Crippen molar-refractivity contribution in [2.45, 2.75) is 9.79 Å². The zero-order valence-corrected chi connectivity index (χ0v) is 16.0. The Bertz CT molecular complexity index is 1020. The minimum absolute atomic E-state index is 0.175. The molecule has 0 saturated heterocycles.